The largest absolute Gasteiger partial charge is 0.387 e. The van der Waals surface area contributed by atoms with Gasteiger partial charge in [-0.1, -0.05) is 17.3 Å². The summed E-state index contributed by atoms with van der Waals surface area (Å²) in [5.74, 6) is 1.03. The average Bonchev–Trinajstić information content (AvgIpc) is 3.22. The lowest BCUT2D eigenvalue weighted by Gasteiger charge is -2.04. The van der Waals surface area contributed by atoms with Crippen LogP contribution in [0.1, 0.15) is 23.1 Å². The first-order chi connectivity index (χ1) is 12.2. The third-order valence-corrected chi connectivity index (χ3v) is 3.55. The Hall–Kier alpha value is -2.78. The quantitative estimate of drug-likeness (QED) is 0.546. The molecule has 2 aromatic heterocycles. The van der Waals surface area contributed by atoms with Gasteiger partial charge in [-0.15, -0.1) is 0 Å². The van der Waals surface area contributed by atoms with Crippen LogP contribution in [-0.2, 0) is 29.2 Å². The van der Waals surface area contributed by atoms with E-state index in [1.807, 2.05) is 25.1 Å². The molecule has 0 unspecified atom stereocenters. The fourth-order valence-electron chi connectivity index (χ4n) is 2.36. The molecule has 9 nitrogen and oxygen atoms in total. The van der Waals surface area contributed by atoms with Gasteiger partial charge in [-0.2, -0.15) is 4.98 Å². The number of aromatic amines is 1. The maximum Gasteiger partial charge on any atom is 0.252 e. The van der Waals surface area contributed by atoms with Gasteiger partial charge in [0.1, 0.15) is 25.6 Å². The molecular weight excluding hydrogens is 326 g/mol. The predicted octanol–water partition coefficient (Wildman–Crippen LogP) is 0.622. The number of ether oxygens (including phenoxy) is 1. The molecule has 0 spiro atoms. The van der Waals surface area contributed by atoms with Gasteiger partial charge in [-0.25, -0.2) is 4.98 Å². The SMILES string of the molecule is Cc1cccc2[nH]c(COCC(=O)NCCc3noc(CO)n3)nc12. The molecule has 132 valence electrons. The molecule has 0 aliphatic carbocycles. The number of aromatic nitrogens is 4. The molecule has 0 aliphatic heterocycles. The van der Waals surface area contributed by atoms with Crippen molar-refractivity contribution >= 4 is 16.9 Å². The van der Waals surface area contributed by atoms with Crippen molar-refractivity contribution in [1.29, 1.82) is 0 Å². The Morgan fingerprint density at radius 2 is 2.28 bits per heavy atom. The van der Waals surface area contributed by atoms with Gasteiger partial charge in [-0.05, 0) is 18.6 Å². The van der Waals surface area contributed by atoms with Gasteiger partial charge in [0.15, 0.2) is 5.82 Å². The molecule has 0 radical (unpaired) electrons. The molecule has 0 saturated carbocycles. The number of carbonyl (C=O) groups excluding carboxylic acids is 1. The number of H-pyrrole nitrogens is 1. The van der Waals surface area contributed by atoms with Gasteiger partial charge >= 0.3 is 0 Å². The maximum atomic E-state index is 11.7. The molecule has 9 heteroatoms. The standard InChI is InChI=1S/C16H19N5O4/c1-10-3-2-4-11-16(10)20-13(18-11)8-24-9-14(23)17-6-5-12-19-15(7-22)25-21-12/h2-4,22H,5-9H2,1H3,(H,17,23)(H,18,20). The number of nitrogens with one attached hydrogen (secondary N) is 2. The summed E-state index contributed by atoms with van der Waals surface area (Å²) < 4.78 is 10.1. The van der Waals surface area contributed by atoms with Crippen molar-refractivity contribution in [2.75, 3.05) is 13.2 Å². The van der Waals surface area contributed by atoms with Crippen molar-refractivity contribution in [2.24, 2.45) is 0 Å². The van der Waals surface area contributed by atoms with Gasteiger partial charge < -0.3 is 24.7 Å². The van der Waals surface area contributed by atoms with E-state index in [1.54, 1.807) is 0 Å². The first kappa shape index (κ1) is 17.1. The number of para-hydroxylation sites is 1. The Balaban J connectivity index is 1.39. The summed E-state index contributed by atoms with van der Waals surface area (Å²) in [6.07, 6.45) is 0.415. The monoisotopic (exact) mass is 345 g/mol. The van der Waals surface area contributed by atoms with Gasteiger partial charge in [0.05, 0.1) is 11.0 Å². The highest BCUT2D eigenvalue weighted by molar-refractivity contribution is 5.78. The summed E-state index contributed by atoms with van der Waals surface area (Å²) in [7, 11) is 0. The molecular formula is C16H19N5O4. The number of aliphatic hydroxyl groups excluding tert-OH is 1. The lowest BCUT2D eigenvalue weighted by Crippen LogP contribution is -2.29. The van der Waals surface area contributed by atoms with Crippen LogP contribution in [-0.4, -0.2) is 44.3 Å². The normalized spacial score (nSPS) is 11.1. The number of amides is 1. The first-order valence-corrected chi connectivity index (χ1v) is 7.86. The summed E-state index contributed by atoms with van der Waals surface area (Å²) in [4.78, 5) is 23.3. The second-order valence-electron chi connectivity index (χ2n) is 5.51. The van der Waals surface area contributed by atoms with Crippen molar-refractivity contribution in [2.45, 2.75) is 26.6 Å². The molecule has 3 N–H and O–H groups in total. The average molecular weight is 345 g/mol. The minimum atomic E-state index is -0.297. The molecule has 0 saturated heterocycles. The number of carbonyl (C=O) groups is 1. The molecule has 1 aromatic carbocycles. The van der Waals surface area contributed by atoms with Crippen LogP contribution in [0.25, 0.3) is 11.0 Å². The molecule has 0 fully saturated rings. The Labute approximate surface area is 143 Å². The maximum absolute atomic E-state index is 11.7. The Morgan fingerprint density at radius 3 is 3.04 bits per heavy atom. The highest BCUT2D eigenvalue weighted by atomic mass is 16.5. The van der Waals surface area contributed by atoms with E-state index in [1.165, 1.54) is 0 Å². The van der Waals surface area contributed by atoms with Gasteiger partial charge in [0.2, 0.25) is 5.91 Å². The van der Waals surface area contributed by atoms with Crippen LogP contribution in [0.15, 0.2) is 22.7 Å². The van der Waals surface area contributed by atoms with Gasteiger partial charge in [0.25, 0.3) is 5.89 Å². The number of hydrogen-bond acceptors (Lipinski definition) is 7. The number of hydrogen-bond donors (Lipinski definition) is 3. The van der Waals surface area contributed by atoms with Crippen LogP contribution >= 0.6 is 0 Å². The predicted molar refractivity (Wildman–Crippen MR) is 87.4 cm³/mol. The summed E-state index contributed by atoms with van der Waals surface area (Å²) in [6.45, 7) is 2.22. The van der Waals surface area contributed by atoms with E-state index in [9.17, 15) is 4.79 Å². The van der Waals surface area contributed by atoms with E-state index in [0.29, 0.717) is 24.6 Å². The van der Waals surface area contributed by atoms with E-state index >= 15 is 0 Å². The van der Waals surface area contributed by atoms with Crippen molar-refractivity contribution in [3.8, 4) is 0 Å². The fourth-order valence-corrected chi connectivity index (χ4v) is 2.36. The van der Waals surface area contributed by atoms with Crippen molar-refractivity contribution in [3.05, 3.63) is 41.3 Å². The van der Waals surface area contributed by atoms with Crippen LogP contribution in [0.2, 0.25) is 0 Å². The van der Waals surface area contributed by atoms with E-state index in [0.717, 1.165) is 16.6 Å². The lowest BCUT2D eigenvalue weighted by atomic mass is 10.2. The van der Waals surface area contributed by atoms with E-state index in [-0.39, 0.29) is 31.6 Å². The van der Waals surface area contributed by atoms with Crippen molar-refractivity contribution in [1.82, 2.24) is 25.4 Å². The van der Waals surface area contributed by atoms with Crippen LogP contribution < -0.4 is 5.32 Å². The third-order valence-electron chi connectivity index (χ3n) is 3.55. The molecule has 0 bridgehead atoms. The number of benzene rings is 1. The summed E-state index contributed by atoms with van der Waals surface area (Å²) in [6, 6.07) is 5.90. The Bertz CT molecular complexity index is 857. The Morgan fingerprint density at radius 1 is 1.40 bits per heavy atom. The first-order valence-electron chi connectivity index (χ1n) is 7.86. The van der Waals surface area contributed by atoms with Crippen molar-refractivity contribution in [3.63, 3.8) is 0 Å². The second-order valence-corrected chi connectivity index (χ2v) is 5.51. The number of imidazole rings is 1. The van der Waals surface area contributed by atoms with Crippen LogP contribution in [0.5, 0.6) is 0 Å². The summed E-state index contributed by atoms with van der Waals surface area (Å²) in [5, 5.41) is 15.2. The molecule has 0 aliphatic rings. The number of fused-ring (bicyclic) bond motifs is 1. The minimum absolute atomic E-state index is 0.0653. The Kier molecular flexibility index (Phi) is 5.36. The molecule has 2 heterocycles. The zero-order valence-electron chi connectivity index (χ0n) is 13.8. The summed E-state index contributed by atoms with van der Waals surface area (Å²) in [5.41, 5.74) is 2.95. The number of aliphatic hydroxyl groups is 1. The van der Waals surface area contributed by atoms with Crippen LogP contribution in [0, 0.1) is 6.92 Å². The highest BCUT2D eigenvalue weighted by Crippen LogP contribution is 2.15. The van der Waals surface area contributed by atoms with Crippen LogP contribution in [0.4, 0.5) is 0 Å². The van der Waals surface area contributed by atoms with E-state index in [4.69, 9.17) is 14.4 Å². The fraction of sp³-hybridized carbons (Fsp3) is 0.375. The topological polar surface area (TPSA) is 126 Å². The van der Waals surface area contributed by atoms with E-state index in [2.05, 4.69) is 25.4 Å². The zero-order chi connectivity index (χ0) is 17.6. The third kappa shape index (κ3) is 4.40. The highest BCUT2D eigenvalue weighted by Gasteiger charge is 2.08. The molecule has 25 heavy (non-hydrogen) atoms. The molecule has 1 amide bonds. The van der Waals surface area contributed by atoms with Crippen molar-refractivity contribution < 1.29 is 19.2 Å². The van der Waals surface area contributed by atoms with Gasteiger partial charge in [-0.3, -0.25) is 4.79 Å². The summed E-state index contributed by atoms with van der Waals surface area (Å²) >= 11 is 0. The zero-order valence-corrected chi connectivity index (χ0v) is 13.8. The lowest BCUT2D eigenvalue weighted by molar-refractivity contribution is -0.126. The molecule has 0 atom stereocenters. The number of nitrogens with zero attached hydrogens (tertiary/aromatic N) is 3. The van der Waals surface area contributed by atoms with Crippen LogP contribution in [0.3, 0.4) is 0 Å². The second kappa shape index (κ2) is 7.86. The molecule has 3 aromatic rings. The number of aryl methyl sites for hydroxylation is 1. The molecule has 3 rings (SSSR count). The van der Waals surface area contributed by atoms with Gasteiger partial charge in [0, 0.05) is 13.0 Å². The van der Waals surface area contributed by atoms with E-state index < -0.39 is 0 Å². The number of rotatable bonds is 8. The minimum Gasteiger partial charge on any atom is -0.387 e. The smallest absolute Gasteiger partial charge is 0.252 e.